The van der Waals surface area contributed by atoms with Gasteiger partial charge in [0.15, 0.2) is 0 Å². The van der Waals surface area contributed by atoms with Crippen LogP contribution in [0, 0.1) is 5.82 Å². The summed E-state index contributed by atoms with van der Waals surface area (Å²) >= 11 is 3.42. The Bertz CT molecular complexity index is 525. The van der Waals surface area contributed by atoms with Gasteiger partial charge in [0.25, 0.3) is 0 Å². The molecule has 0 radical (unpaired) electrons. The van der Waals surface area contributed by atoms with E-state index in [-0.39, 0.29) is 5.82 Å². The number of benzene rings is 2. The van der Waals surface area contributed by atoms with E-state index < -0.39 is 0 Å². The van der Waals surface area contributed by atoms with Gasteiger partial charge in [0.05, 0.1) is 0 Å². The van der Waals surface area contributed by atoms with E-state index in [2.05, 4.69) is 40.3 Å². The van der Waals surface area contributed by atoms with E-state index in [0.29, 0.717) is 18.2 Å². The summed E-state index contributed by atoms with van der Waals surface area (Å²) in [5.74, 6) is -0.147. The quantitative estimate of drug-likeness (QED) is 0.865. The zero-order valence-electron chi connectivity index (χ0n) is 10.9. The molecular formula is C16H17BrFN. The lowest BCUT2D eigenvalue weighted by Gasteiger charge is -2.14. The summed E-state index contributed by atoms with van der Waals surface area (Å²) in [6.07, 6.45) is 0.932. The minimum Gasteiger partial charge on any atom is -0.310 e. The molecule has 19 heavy (non-hydrogen) atoms. The Kier molecular flexibility index (Phi) is 5.11. The van der Waals surface area contributed by atoms with Gasteiger partial charge in [-0.05, 0) is 37.1 Å². The lowest BCUT2D eigenvalue weighted by molar-refractivity contribution is 0.525. The van der Waals surface area contributed by atoms with Gasteiger partial charge >= 0.3 is 0 Å². The molecule has 0 amide bonds. The van der Waals surface area contributed by atoms with Crippen LogP contribution in [-0.2, 0) is 13.0 Å². The van der Waals surface area contributed by atoms with Crippen LogP contribution in [0.5, 0.6) is 0 Å². The Balaban J connectivity index is 1.86. The van der Waals surface area contributed by atoms with E-state index in [4.69, 9.17) is 0 Å². The maximum atomic E-state index is 13.5. The molecule has 1 unspecified atom stereocenters. The predicted octanol–water partition coefficient (Wildman–Crippen LogP) is 4.31. The number of halogens is 2. The maximum Gasteiger partial charge on any atom is 0.127 e. The first kappa shape index (κ1) is 14.2. The Hall–Kier alpha value is -1.19. The molecule has 3 heteroatoms. The number of rotatable bonds is 5. The summed E-state index contributed by atoms with van der Waals surface area (Å²) in [5, 5.41) is 3.35. The minimum absolute atomic E-state index is 0.147. The molecule has 2 rings (SSSR count). The first-order valence-electron chi connectivity index (χ1n) is 6.36. The van der Waals surface area contributed by atoms with Gasteiger partial charge in [-0.25, -0.2) is 4.39 Å². The van der Waals surface area contributed by atoms with Gasteiger partial charge < -0.3 is 5.32 Å². The van der Waals surface area contributed by atoms with Crippen molar-refractivity contribution in [3.05, 3.63) is 69.9 Å². The van der Waals surface area contributed by atoms with Crippen LogP contribution in [0.3, 0.4) is 0 Å². The van der Waals surface area contributed by atoms with E-state index in [1.54, 1.807) is 6.07 Å². The zero-order valence-corrected chi connectivity index (χ0v) is 12.5. The highest BCUT2D eigenvalue weighted by atomic mass is 79.9. The fraction of sp³-hybridized carbons (Fsp3) is 0.250. The van der Waals surface area contributed by atoms with Crippen molar-refractivity contribution in [1.29, 1.82) is 0 Å². The smallest absolute Gasteiger partial charge is 0.127 e. The molecule has 0 heterocycles. The molecule has 2 aromatic carbocycles. The number of hydrogen-bond donors (Lipinski definition) is 1. The van der Waals surface area contributed by atoms with Crippen molar-refractivity contribution in [3.63, 3.8) is 0 Å². The number of hydrogen-bond acceptors (Lipinski definition) is 1. The summed E-state index contributed by atoms with van der Waals surface area (Å²) in [7, 11) is 0. The number of nitrogens with one attached hydrogen (secondary N) is 1. The Morgan fingerprint density at radius 1 is 1.11 bits per heavy atom. The Labute approximate surface area is 122 Å². The van der Waals surface area contributed by atoms with Crippen molar-refractivity contribution in [2.75, 3.05) is 0 Å². The van der Waals surface area contributed by atoms with Crippen molar-refractivity contribution >= 4 is 15.9 Å². The molecule has 100 valence electrons. The summed E-state index contributed by atoms with van der Waals surface area (Å²) in [6, 6.07) is 15.5. The van der Waals surface area contributed by atoms with Gasteiger partial charge in [-0.1, -0.05) is 46.3 Å². The predicted molar refractivity (Wildman–Crippen MR) is 80.5 cm³/mol. The summed E-state index contributed by atoms with van der Waals surface area (Å²) in [6.45, 7) is 2.67. The normalized spacial score (nSPS) is 12.4. The molecule has 0 saturated carbocycles. The molecule has 0 saturated heterocycles. The van der Waals surface area contributed by atoms with E-state index in [1.165, 1.54) is 11.6 Å². The van der Waals surface area contributed by atoms with E-state index in [1.807, 2.05) is 24.3 Å². The van der Waals surface area contributed by atoms with Gasteiger partial charge in [0.2, 0.25) is 0 Å². The van der Waals surface area contributed by atoms with Crippen LogP contribution in [0.15, 0.2) is 53.0 Å². The molecule has 0 bridgehead atoms. The third-order valence-corrected chi connectivity index (χ3v) is 3.58. The van der Waals surface area contributed by atoms with Crippen LogP contribution in [-0.4, -0.2) is 6.04 Å². The lowest BCUT2D eigenvalue weighted by atomic mass is 10.1. The fourth-order valence-corrected chi connectivity index (χ4v) is 2.24. The summed E-state index contributed by atoms with van der Waals surface area (Å²) < 4.78 is 14.6. The van der Waals surface area contributed by atoms with Crippen molar-refractivity contribution in [2.24, 2.45) is 0 Å². The molecule has 0 fully saturated rings. The van der Waals surface area contributed by atoms with Crippen LogP contribution in [0.25, 0.3) is 0 Å². The second-order valence-corrected chi connectivity index (χ2v) is 5.62. The molecule has 0 spiro atoms. The highest BCUT2D eigenvalue weighted by molar-refractivity contribution is 9.10. The third kappa shape index (κ3) is 4.44. The first-order valence-corrected chi connectivity index (χ1v) is 7.15. The Morgan fingerprint density at radius 2 is 1.79 bits per heavy atom. The molecule has 1 atom stereocenters. The molecule has 0 aromatic heterocycles. The Morgan fingerprint density at radius 3 is 2.47 bits per heavy atom. The maximum absolute atomic E-state index is 13.5. The zero-order chi connectivity index (χ0) is 13.7. The van der Waals surface area contributed by atoms with Crippen LogP contribution >= 0.6 is 15.9 Å². The summed E-state index contributed by atoms with van der Waals surface area (Å²) in [5.41, 5.74) is 1.99. The molecule has 0 aliphatic carbocycles. The monoisotopic (exact) mass is 321 g/mol. The van der Waals surface area contributed by atoms with E-state index in [9.17, 15) is 4.39 Å². The molecule has 1 nitrogen and oxygen atoms in total. The second-order valence-electron chi connectivity index (χ2n) is 4.70. The topological polar surface area (TPSA) is 12.0 Å². The van der Waals surface area contributed by atoms with Crippen molar-refractivity contribution in [2.45, 2.75) is 25.9 Å². The molecule has 2 aromatic rings. The van der Waals surface area contributed by atoms with E-state index >= 15 is 0 Å². The van der Waals surface area contributed by atoms with Crippen molar-refractivity contribution < 1.29 is 4.39 Å². The standard InChI is InChI=1S/C16H17BrFN/c1-12(10-13-6-8-15(17)9-7-13)19-11-14-4-2-3-5-16(14)18/h2-9,12,19H,10-11H2,1H3. The first-order chi connectivity index (χ1) is 9.15. The van der Waals surface area contributed by atoms with E-state index in [0.717, 1.165) is 10.9 Å². The largest absolute Gasteiger partial charge is 0.310 e. The van der Waals surface area contributed by atoms with Crippen LogP contribution in [0.1, 0.15) is 18.1 Å². The fourth-order valence-electron chi connectivity index (χ4n) is 1.97. The van der Waals surface area contributed by atoms with Gasteiger partial charge in [0.1, 0.15) is 5.82 Å². The van der Waals surface area contributed by atoms with Crippen LogP contribution in [0.4, 0.5) is 4.39 Å². The SMILES string of the molecule is CC(Cc1ccc(Br)cc1)NCc1ccccc1F. The highest BCUT2D eigenvalue weighted by Gasteiger charge is 2.05. The highest BCUT2D eigenvalue weighted by Crippen LogP contribution is 2.12. The average Bonchev–Trinajstić information content (AvgIpc) is 2.40. The third-order valence-electron chi connectivity index (χ3n) is 3.05. The van der Waals surface area contributed by atoms with Gasteiger partial charge in [0, 0.05) is 22.6 Å². The van der Waals surface area contributed by atoms with Gasteiger partial charge in [-0.15, -0.1) is 0 Å². The summed E-state index contributed by atoms with van der Waals surface area (Å²) in [4.78, 5) is 0. The second kappa shape index (κ2) is 6.83. The van der Waals surface area contributed by atoms with Crippen molar-refractivity contribution in [1.82, 2.24) is 5.32 Å². The molecular weight excluding hydrogens is 305 g/mol. The minimum atomic E-state index is -0.147. The van der Waals surface area contributed by atoms with Crippen molar-refractivity contribution in [3.8, 4) is 0 Å². The average molecular weight is 322 g/mol. The molecule has 0 aliphatic rings. The molecule has 1 N–H and O–H groups in total. The molecule has 0 aliphatic heterocycles. The van der Waals surface area contributed by atoms with Crippen LogP contribution in [0.2, 0.25) is 0 Å². The van der Waals surface area contributed by atoms with Gasteiger partial charge in [-0.3, -0.25) is 0 Å². The lowest BCUT2D eigenvalue weighted by Crippen LogP contribution is -2.27. The van der Waals surface area contributed by atoms with Gasteiger partial charge in [-0.2, -0.15) is 0 Å². The van der Waals surface area contributed by atoms with Crippen LogP contribution < -0.4 is 5.32 Å².